The molecule has 0 saturated heterocycles. The van der Waals surface area contributed by atoms with Crippen LogP contribution in [-0.4, -0.2) is 24.1 Å². The zero-order valence-corrected chi connectivity index (χ0v) is 28.0. The third-order valence-electron chi connectivity index (χ3n) is 10.4. The third-order valence-corrected chi connectivity index (χ3v) is 10.4. The fraction of sp³-hybridized carbons (Fsp3) is 0. The Morgan fingerprint density at radius 3 is 1.75 bits per heavy atom. The van der Waals surface area contributed by atoms with E-state index in [1.807, 2.05) is 36.7 Å². The van der Waals surface area contributed by atoms with E-state index in [9.17, 15) is 0 Å². The lowest BCUT2D eigenvalue weighted by Gasteiger charge is -2.14. The van der Waals surface area contributed by atoms with Gasteiger partial charge in [0.1, 0.15) is 0 Å². The second-order valence-corrected chi connectivity index (χ2v) is 13.2. The Morgan fingerprint density at radius 2 is 1.02 bits per heavy atom. The van der Waals surface area contributed by atoms with E-state index in [0.29, 0.717) is 5.82 Å². The van der Waals surface area contributed by atoms with Gasteiger partial charge in [-0.1, -0.05) is 115 Å². The first kappa shape index (κ1) is 28.7. The normalized spacial score (nSPS) is 11.8. The van der Waals surface area contributed by atoms with Gasteiger partial charge in [-0.15, -0.1) is 0 Å². The largest absolute Gasteiger partial charge is 0.308 e. The first-order valence-electron chi connectivity index (χ1n) is 17.5. The zero-order valence-electron chi connectivity index (χ0n) is 28.0. The number of para-hydroxylation sites is 3. The Morgan fingerprint density at radius 1 is 0.404 bits per heavy atom. The standard InChI is InChI=1S/C47H29N5/c1-4-14-30(15-5-1)44-37-28-33(24-25-39(37)49-47(50-44)31-16-6-2-7-17-31)52-40-22-12-10-20-35(40)42-34-26-27-48-29-38(34)45-43(46(42)52)36-21-11-13-23-41(36)51(45)32-18-8-3-9-19-32/h1-29H. The highest BCUT2D eigenvalue weighted by Crippen LogP contribution is 2.46. The molecule has 0 aliphatic rings. The number of pyridine rings is 1. The molecule has 5 heteroatoms. The number of nitrogens with zero attached hydrogens (tertiary/aromatic N) is 5. The smallest absolute Gasteiger partial charge is 0.160 e. The molecule has 0 aliphatic carbocycles. The summed E-state index contributed by atoms with van der Waals surface area (Å²) in [5.41, 5.74) is 10.6. The van der Waals surface area contributed by atoms with Crippen LogP contribution in [0.3, 0.4) is 0 Å². The van der Waals surface area contributed by atoms with E-state index in [0.717, 1.165) is 61.0 Å². The Balaban J connectivity index is 1.32. The molecule has 0 aliphatic heterocycles. The Kier molecular flexibility index (Phi) is 6.18. The van der Waals surface area contributed by atoms with Crippen LogP contribution in [0.2, 0.25) is 0 Å². The van der Waals surface area contributed by atoms with Crippen molar-refractivity contribution < 1.29 is 0 Å². The highest BCUT2D eigenvalue weighted by molar-refractivity contribution is 6.36. The molecular weight excluding hydrogens is 635 g/mol. The van der Waals surface area contributed by atoms with Crippen molar-refractivity contribution in [1.82, 2.24) is 24.1 Å². The molecule has 0 radical (unpaired) electrons. The number of rotatable bonds is 4. The monoisotopic (exact) mass is 663 g/mol. The lowest BCUT2D eigenvalue weighted by atomic mass is 10.0. The average molecular weight is 664 g/mol. The Bertz CT molecular complexity index is 3160. The molecule has 0 bridgehead atoms. The van der Waals surface area contributed by atoms with E-state index < -0.39 is 0 Å². The molecule has 5 nitrogen and oxygen atoms in total. The zero-order chi connectivity index (χ0) is 34.2. The van der Waals surface area contributed by atoms with E-state index >= 15 is 0 Å². The topological polar surface area (TPSA) is 48.5 Å². The van der Waals surface area contributed by atoms with Crippen molar-refractivity contribution in [3.8, 4) is 34.0 Å². The van der Waals surface area contributed by atoms with Crippen LogP contribution in [0, 0.1) is 0 Å². The molecule has 0 fully saturated rings. The van der Waals surface area contributed by atoms with Gasteiger partial charge in [-0.3, -0.25) is 4.98 Å². The summed E-state index contributed by atoms with van der Waals surface area (Å²) in [4.78, 5) is 15.0. The summed E-state index contributed by atoms with van der Waals surface area (Å²) in [6.07, 6.45) is 3.95. The van der Waals surface area contributed by atoms with Gasteiger partial charge in [0, 0.05) is 67.2 Å². The minimum absolute atomic E-state index is 0.715. The van der Waals surface area contributed by atoms with Gasteiger partial charge in [0.25, 0.3) is 0 Å². The fourth-order valence-electron chi connectivity index (χ4n) is 8.19. The van der Waals surface area contributed by atoms with Crippen LogP contribution in [0.15, 0.2) is 176 Å². The van der Waals surface area contributed by atoms with Crippen LogP contribution in [0.1, 0.15) is 0 Å². The SMILES string of the molecule is c1ccc(-c2nc(-c3ccccc3)c3cc(-n4c5ccccc5c5c6ccncc6c6c(c7ccccc7n6-c6ccccc6)c54)ccc3n2)cc1. The molecule has 52 heavy (non-hydrogen) atoms. The van der Waals surface area contributed by atoms with Gasteiger partial charge < -0.3 is 9.13 Å². The maximum Gasteiger partial charge on any atom is 0.160 e. The summed E-state index contributed by atoms with van der Waals surface area (Å²) >= 11 is 0. The molecule has 4 aromatic heterocycles. The van der Waals surface area contributed by atoms with E-state index in [4.69, 9.17) is 9.97 Å². The Labute approximate surface area is 298 Å². The van der Waals surface area contributed by atoms with E-state index in [-0.39, 0.29) is 0 Å². The third kappa shape index (κ3) is 4.14. The highest BCUT2D eigenvalue weighted by Gasteiger charge is 2.25. The van der Waals surface area contributed by atoms with Gasteiger partial charge in [-0.05, 0) is 53.9 Å². The van der Waals surface area contributed by atoms with E-state index in [1.165, 1.54) is 32.4 Å². The maximum atomic E-state index is 5.23. The van der Waals surface area contributed by atoms with Crippen LogP contribution >= 0.6 is 0 Å². The van der Waals surface area contributed by atoms with Gasteiger partial charge >= 0.3 is 0 Å². The van der Waals surface area contributed by atoms with Crippen LogP contribution in [0.25, 0.3) is 99.3 Å². The van der Waals surface area contributed by atoms with Gasteiger partial charge in [0.05, 0.1) is 33.3 Å². The number of benzene rings is 7. The molecule has 7 aromatic carbocycles. The Hall–Kier alpha value is -7.11. The average Bonchev–Trinajstić information content (AvgIpc) is 3.75. The van der Waals surface area contributed by atoms with Crippen molar-refractivity contribution in [2.45, 2.75) is 0 Å². The molecule has 11 rings (SSSR count). The molecule has 11 aromatic rings. The molecule has 0 amide bonds. The predicted molar refractivity (Wildman–Crippen MR) is 214 cm³/mol. The minimum Gasteiger partial charge on any atom is -0.308 e. The van der Waals surface area contributed by atoms with E-state index in [2.05, 4.69) is 154 Å². The molecule has 0 spiro atoms. The number of aromatic nitrogens is 5. The van der Waals surface area contributed by atoms with Crippen molar-refractivity contribution >= 4 is 65.3 Å². The lowest BCUT2D eigenvalue weighted by Crippen LogP contribution is -1.99. The second-order valence-electron chi connectivity index (χ2n) is 13.2. The van der Waals surface area contributed by atoms with Crippen molar-refractivity contribution in [2.24, 2.45) is 0 Å². The summed E-state index contributed by atoms with van der Waals surface area (Å²) in [5, 5.41) is 8.12. The van der Waals surface area contributed by atoms with Crippen LogP contribution < -0.4 is 0 Å². The van der Waals surface area contributed by atoms with Crippen LogP contribution in [0.4, 0.5) is 0 Å². The van der Waals surface area contributed by atoms with Crippen LogP contribution in [-0.2, 0) is 0 Å². The first-order chi connectivity index (χ1) is 25.8. The van der Waals surface area contributed by atoms with E-state index in [1.54, 1.807) is 0 Å². The number of hydrogen-bond donors (Lipinski definition) is 0. The number of fused-ring (bicyclic) bond motifs is 11. The first-order valence-corrected chi connectivity index (χ1v) is 17.5. The van der Waals surface area contributed by atoms with Crippen molar-refractivity contribution in [2.75, 3.05) is 0 Å². The summed E-state index contributed by atoms with van der Waals surface area (Å²) in [7, 11) is 0. The predicted octanol–water partition coefficient (Wildman–Crippen LogP) is 11.7. The molecule has 0 atom stereocenters. The van der Waals surface area contributed by atoms with Crippen LogP contribution in [0.5, 0.6) is 0 Å². The van der Waals surface area contributed by atoms with Crippen molar-refractivity contribution in [3.05, 3.63) is 176 Å². The molecule has 0 unspecified atom stereocenters. The summed E-state index contributed by atoms with van der Waals surface area (Å²) < 4.78 is 4.86. The second kappa shape index (κ2) is 11.2. The molecule has 4 heterocycles. The fourth-order valence-corrected chi connectivity index (χ4v) is 8.19. The summed E-state index contributed by atoms with van der Waals surface area (Å²) in [5.74, 6) is 0.715. The molecule has 0 saturated carbocycles. The molecule has 242 valence electrons. The highest BCUT2D eigenvalue weighted by atomic mass is 15.0. The van der Waals surface area contributed by atoms with Crippen molar-refractivity contribution in [3.63, 3.8) is 0 Å². The lowest BCUT2D eigenvalue weighted by molar-refractivity contribution is 1.17. The van der Waals surface area contributed by atoms with Gasteiger partial charge in [0.15, 0.2) is 5.82 Å². The summed E-state index contributed by atoms with van der Waals surface area (Å²) in [6.45, 7) is 0. The molecule has 0 N–H and O–H groups in total. The minimum atomic E-state index is 0.715. The van der Waals surface area contributed by atoms with Gasteiger partial charge in [-0.25, -0.2) is 9.97 Å². The van der Waals surface area contributed by atoms with Gasteiger partial charge in [0.2, 0.25) is 0 Å². The number of hydrogen-bond acceptors (Lipinski definition) is 3. The maximum absolute atomic E-state index is 5.23. The van der Waals surface area contributed by atoms with Crippen molar-refractivity contribution in [1.29, 1.82) is 0 Å². The van der Waals surface area contributed by atoms with Gasteiger partial charge in [-0.2, -0.15) is 0 Å². The summed E-state index contributed by atoms with van der Waals surface area (Å²) in [6, 6.07) is 57.7. The molecular formula is C47H29N5. The quantitative estimate of drug-likeness (QED) is 0.188.